The molecule has 0 radical (unpaired) electrons. The number of aliphatic hydroxyl groups is 2. The van der Waals surface area contributed by atoms with Gasteiger partial charge in [-0.15, -0.1) is 0 Å². The molecule has 0 aromatic rings. The van der Waals surface area contributed by atoms with Crippen molar-refractivity contribution in [1.82, 2.24) is 0 Å². The minimum atomic E-state index is -0.340. The second-order valence-electron chi connectivity index (χ2n) is 5.54. The third kappa shape index (κ3) is 9.37. The summed E-state index contributed by atoms with van der Waals surface area (Å²) in [5, 5.41) is 18.7. The molecule has 0 saturated carbocycles. The maximum absolute atomic E-state index is 9.80. The maximum Gasteiger partial charge on any atom is 0.0580 e. The smallest absolute Gasteiger partial charge is 0.0580 e. The van der Waals surface area contributed by atoms with Crippen molar-refractivity contribution >= 4 is 0 Å². The second kappa shape index (κ2) is 9.67. The lowest BCUT2D eigenvalue weighted by Gasteiger charge is -2.16. The van der Waals surface area contributed by atoms with E-state index in [2.05, 4.69) is 20.4 Å². The Morgan fingerprint density at radius 3 is 2.41 bits per heavy atom. The summed E-state index contributed by atoms with van der Waals surface area (Å²) in [6, 6.07) is 0. The monoisotopic (exact) mass is 242 g/mol. The first kappa shape index (κ1) is 16.7. The van der Waals surface area contributed by atoms with Crippen LogP contribution in [0.1, 0.15) is 59.3 Å². The Morgan fingerprint density at radius 1 is 1.24 bits per heavy atom. The van der Waals surface area contributed by atoms with Gasteiger partial charge in [0.1, 0.15) is 0 Å². The fourth-order valence-corrected chi connectivity index (χ4v) is 1.96. The van der Waals surface area contributed by atoms with E-state index in [1.807, 2.05) is 6.92 Å². The summed E-state index contributed by atoms with van der Waals surface area (Å²) >= 11 is 0. The van der Waals surface area contributed by atoms with Crippen molar-refractivity contribution in [1.29, 1.82) is 0 Å². The molecule has 2 N–H and O–H groups in total. The van der Waals surface area contributed by atoms with Crippen LogP contribution in [0.2, 0.25) is 0 Å². The van der Waals surface area contributed by atoms with Gasteiger partial charge in [-0.25, -0.2) is 0 Å². The number of hydrogen-bond donors (Lipinski definition) is 2. The number of aliphatic hydroxyl groups excluding tert-OH is 2. The van der Waals surface area contributed by atoms with Crippen LogP contribution in [0.3, 0.4) is 0 Å². The van der Waals surface area contributed by atoms with Gasteiger partial charge in [-0.2, -0.15) is 0 Å². The largest absolute Gasteiger partial charge is 0.396 e. The molecule has 0 aromatic heterocycles. The normalized spacial score (nSPS) is 16.5. The fourth-order valence-electron chi connectivity index (χ4n) is 1.96. The zero-order valence-corrected chi connectivity index (χ0v) is 11.8. The molecule has 0 spiro atoms. The predicted molar refractivity (Wildman–Crippen MR) is 73.9 cm³/mol. The molecular formula is C15H30O2. The van der Waals surface area contributed by atoms with Gasteiger partial charge >= 0.3 is 0 Å². The van der Waals surface area contributed by atoms with Gasteiger partial charge < -0.3 is 10.2 Å². The van der Waals surface area contributed by atoms with Crippen LogP contribution in [-0.2, 0) is 0 Å². The molecule has 0 aromatic carbocycles. The van der Waals surface area contributed by atoms with Gasteiger partial charge in [-0.05, 0) is 37.5 Å². The number of rotatable bonds is 10. The first-order valence-electron chi connectivity index (χ1n) is 6.95. The third-order valence-corrected chi connectivity index (χ3v) is 3.43. The fraction of sp³-hybridized carbons (Fsp3) is 0.867. The summed E-state index contributed by atoms with van der Waals surface area (Å²) in [6.45, 7) is 10.6. The molecular weight excluding hydrogens is 212 g/mol. The van der Waals surface area contributed by atoms with Crippen molar-refractivity contribution in [2.75, 3.05) is 6.61 Å². The summed E-state index contributed by atoms with van der Waals surface area (Å²) in [5.74, 6) is 0.972. The van der Waals surface area contributed by atoms with Crippen LogP contribution in [-0.4, -0.2) is 22.9 Å². The second-order valence-corrected chi connectivity index (χ2v) is 5.54. The van der Waals surface area contributed by atoms with Crippen molar-refractivity contribution in [3.05, 3.63) is 12.2 Å². The summed E-state index contributed by atoms with van der Waals surface area (Å²) in [7, 11) is 0. The van der Waals surface area contributed by atoms with Gasteiger partial charge in [0.05, 0.1) is 6.10 Å². The van der Waals surface area contributed by atoms with Crippen LogP contribution in [0.5, 0.6) is 0 Å². The molecule has 3 atom stereocenters. The molecule has 0 amide bonds. The minimum Gasteiger partial charge on any atom is -0.396 e. The van der Waals surface area contributed by atoms with E-state index in [-0.39, 0.29) is 18.6 Å². The van der Waals surface area contributed by atoms with E-state index in [0.29, 0.717) is 12.8 Å². The Balaban J connectivity index is 3.64. The molecule has 2 nitrogen and oxygen atoms in total. The Bertz CT molecular complexity index is 201. The Morgan fingerprint density at radius 2 is 1.88 bits per heavy atom. The standard InChI is InChI=1S/C15H30O2/c1-5-12(2)7-6-8-13(3)9-15(17)10-14(4)11-16/h12,14-17H,3,5-11H2,1-2,4H3. The van der Waals surface area contributed by atoms with Gasteiger partial charge in [-0.3, -0.25) is 0 Å². The van der Waals surface area contributed by atoms with E-state index in [4.69, 9.17) is 5.11 Å². The maximum atomic E-state index is 9.80. The van der Waals surface area contributed by atoms with E-state index >= 15 is 0 Å². The molecule has 0 aliphatic heterocycles. The lowest BCUT2D eigenvalue weighted by atomic mass is 9.95. The highest BCUT2D eigenvalue weighted by molar-refractivity contribution is 4.96. The number of hydrogen-bond acceptors (Lipinski definition) is 2. The zero-order chi connectivity index (χ0) is 13.3. The molecule has 0 heterocycles. The lowest BCUT2D eigenvalue weighted by molar-refractivity contribution is 0.121. The van der Waals surface area contributed by atoms with E-state index < -0.39 is 0 Å². The Labute approximate surface area is 107 Å². The van der Waals surface area contributed by atoms with Crippen LogP contribution in [0.4, 0.5) is 0 Å². The first-order chi connectivity index (χ1) is 7.99. The van der Waals surface area contributed by atoms with Gasteiger partial charge in [0, 0.05) is 6.61 Å². The summed E-state index contributed by atoms with van der Waals surface area (Å²) in [5.41, 5.74) is 1.14. The average molecular weight is 242 g/mol. The molecule has 0 aliphatic rings. The van der Waals surface area contributed by atoms with Gasteiger partial charge in [0.2, 0.25) is 0 Å². The van der Waals surface area contributed by atoms with Gasteiger partial charge in [0.25, 0.3) is 0 Å². The van der Waals surface area contributed by atoms with Crippen molar-refractivity contribution in [2.24, 2.45) is 11.8 Å². The highest BCUT2D eigenvalue weighted by Gasteiger charge is 2.11. The molecule has 0 fully saturated rings. The molecule has 0 saturated heterocycles. The SMILES string of the molecule is C=C(CCCC(C)CC)CC(O)CC(C)CO. The first-order valence-corrected chi connectivity index (χ1v) is 6.95. The minimum absolute atomic E-state index is 0.150. The summed E-state index contributed by atoms with van der Waals surface area (Å²) < 4.78 is 0. The van der Waals surface area contributed by atoms with E-state index in [0.717, 1.165) is 17.9 Å². The van der Waals surface area contributed by atoms with Crippen LogP contribution in [0.25, 0.3) is 0 Å². The molecule has 3 unspecified atom stereocenters. The van der Waals surface area contributed by atoms with E-state index in [9.17, 15) is 5.11 Å². The van der Waals surface area contributed by atoms with Crippen molar-refractivity contribution in [3.8, 4) is 0 Å². The van der Waals surface area contributed by atoms with Crippen LogP contribution in [0, 0.1) is 11.8 Å². The average Bonchev–Trinajstić information content (AvgIpc) is 2.28. The zero-order valence-electron chi connectivity index (χ0n) is 11.8. The molecule has 0 bridgehead atoms. The van der Waals surface area contributed by atoms with Crippen molar-refractivity contribution < 1.29 is 10.2 Å². The van der Waals surface area contributed by atoms with E-state index in [1.165, 1.54) is 19.3 Å². The molecule has 2 heteroatoms. The topological polar surface area (TPSA) is 40.5 Å². The Hall–Kier alpha value is -0.340. The molecule has 17 heavy (non-hydrogen) atoms. The van der Waals surface area contributed by atoms with Gasteiger partial charge in [-0.1, -0.05) is 45.8 Å². The van der Waals surface area contributed by atoms with Gasteiger partial charge in [0.15, 0.2) is 0 Å². The van der Waals surface area contributed by atoms with Crippen LogP contribution < -0.4 is 0 Å². The lowest BCUT2D eigenvalue weighted by Crippen LogP contribution is -2.14. The summed E-state index contributed by atoms with van der Waals surface area (Å²) in [4.78, 5) is 0. The van der Waals surface area contributed by atoms with Crippen molar-refractivity contribution in [3.63, 3.8) is 0 Å². The molecule has 102 valence electrons. The van der Waals surface area contributed by atoms with Crippen molar-refractivity contribution in [2.45, 2.75) is 65.4 Å². The highest BCUT2D eigenvalue weighted by atomic mass is 16.3. The predicted octanol–water partition coefficient (Wildman–Crippen LogP) is 3.53. The van der Waals surface area contributed by atoms with E-state index in [1.54, 1.807) is 0 Å². The third-order valence-electron chi connectivity index (χ3n) is 3.43. The van der Waals surface area contributed by atoms with Crippen LogP contribution in [0.15, 0.2) is 12.2 Å². The highest BCUT2D eigenvalue weighted by Crippen LogP contribution is 2.19. The Kier molecular flexibility index (Phi) is 9.47. The molecule has 0 aliphatic carbocycles. The quantitative estimate of drug-likeness (QED) is 0.575. The molecule has 0 rings (SSSR count). The summed E-state index contributed by atoms with van der Waals surface area (Å²) in [6.07, 6.45) is 5.70. The van der Waals surface area contributed by atoms with Crippen LogP contribution >= 0.6 is 0 Å².